The van der Waals surface area contributed by atoms with E-state index in [1.54, 1.807) is 13.0 Å². The molecule has 2 aliphatic rings. The van der Waals surface area contributed by atoms with E-state index in [2.05, 4.69) is 20.2 Å². The quantitative estimate of drug-likeness (QED) is 0.179. The molecule has 0 unspecified atom stereocenters. The molecule has 1 fully saturated rings. The lowest BCUT2D eigenvalue weighted by Crippen LogP contribution is -2.46. The van der Waals surface area contributed by atoms with Crippen LogP contribution in [0, 0.1) is 13.8 Å². The van der Waals surface area contributed by atoms with Crippen LogP contribution >= 0.6 is 0 Å². The second-order valence-electron chi connectivity index (χ2n) is 12.6. The molecular weight excluding hydrogens is 620 g/mol. The van der Waals surface area contributed by atoms with Gasteiger partial charge in [0.25, 0.3) is 11.5 Å². The molecule has 0 saturated carbocycles. The van der Waals surface area contributed by atoms with Crippen molar-refractivity contribution in [1.29, 1.82) is 0 Å². The van der Waals surface area contributed by atoms with Gasteiger partial charge in [-0.15, -0.1) is 0 Å². The SMILES string of the molecule is CCS(=O)(=O)CCN1CCC(N2Cc3cc4nc(-c5c(NC[C@@H](O)COc6ccc(C)cc6C)cc[nH]c5=O)[nH]c4cc3C2=O)CC1. The summed E-state index contributed by atoms with van der Waals surface area (Å²) in [5, 5.41) is 13.8. The predicted octanol–water partition coefficient (Wildman–Crippen LogP) is 3.24. The Labute approximate surface area is 274 Å². The Morgan fingerprint density at radius 1 is 1.13 bits per heavy atom. The summed E-state index contributed by atoms with van der Waals surface area (Å²) in [6, 6.07) is 11.4. The summed E-state index contributed by atoms with van der Waals surface area (Å²) in [5.74, 6) is 1.37. The Morgan fingerprint density at radius 2 is 1.91 bits per heavy atom. The number of piperidine rings is 1. The molecule has 2 aliphatic heterocycles. The molecule has 1 amide bonds. The molecule has 0 bridgehead atoms. The van der Waals surface area contributed by atoms with Crippen LogP contribution in [0.2, 0.25) is 0 Å². The lowest BCUT2D eigenvalue weighted by atomic mass is 10.0. The Balaban J connectivity index is 1.11. The molecule has 4 heterocycles. The van der Waals surface area contributed by atoms with Crippen LogP contribution in [0.3, 0.4) is 0 Å². The number of aliphatic hydroxyl groups excluding tert-OH is 1. The van der Waals surface area contributed by atoms with E-state index >= 15 is 0 Å². The highest BCUT2D eigenvalue weighted by Gasteiger charge is 2.35. The number of H-pyrrole nitrogens is 2. The van der Waals surface area contributed by atoms with Gasteiger partial charge in [0.1, 0.15) is 29.8 Å². The third-order valence-corrected chi connectivity index (χ3v) is 10.9. The molecule has 12 nitrogen and oxygen atoms in total. The van der Waals surface area contributed by atoms with E-state index in [0.717, 1.165) is 42.6 Å². The van der Waals surface area contributed by atoms with Crippen LogP contribution in [0.15, 0.2) is 47.4 Å². The van der Waals surface area contributed by atoms with Crippen LogP contribution in [0.1, 0.15) is 46.8 Å². The number of aromatic nitrogens is 3. The Morgan fingerprint density at radius 3 is 2.66 bits per heavy atom. The monoisotopic (exact) mass is 662 g/mol. The lowest BCUT2D eigenvalue weighted by Gasteiger charge is -2.36. The highest BCUT2D eigenvalue weighted by Crippen LogP contribution is 2.33. The van der Waals surface area contributed by atoms with Crippen LogP contribution in [-0.2, 0) is 16.4 Å². The standard InChI is InChI=1S/C34H42N6O6S/c1-4-47(44,45)14-13-39-11-8-24(9-12-39)40-19-23-16-28-29(17-26(23)34(40)43)38-32(37-28)31-27(7-10-35-33(31)42)36-18-25(41)20-46-30-6-5-21(2)15-22(30)3/h5-7,10,15-17,24-25,41H,4,8-9,11-14,18-20H2,1-3H3,(H,37,38)(H2,35,36,42)/t25-/m1/s1. The first kappa shape index (κ1) is 32.7. The molecule has 47 heavy (non-hydrogen) atoms. The van der Waals surface area contributed by atoms with Crippen molar-refractivity contribution in [3.8, 4) is 17.1 Å². The van der Waals surface area contributed by atoms with Gasteiger partial charge in [0.05, 0.1) is 22.5 Å². The van der Waals surface area contributed by atoms with Crippen LogP contribution in [-0.4, -0.2) is 101 Å². The Hall–Kier alpha value is -4.20. The molecule has 0 radical (unpaired) electrons. The molecule has 4 N–H and O–H groups in total. The van der Waals surface area contributed by atoms with Crippen LogP contribution in [0.25, 0.3) is 22.4 Å². The van der Waals surface area contributed by atoms with Gasteiger partial charge in [-0.1, -0.05) is 24.6 Å². The van der Waals surface area contributed by atoms with Crippen molar-refractivity contribution in [1.82, 2.24) is 24.8 Å². The molecule has 2 aromatic heterocycles. The number of anilines is 1. The minimum absolute atomic E-state index is 0.0259. The smallest absolute Gasteiger partial charge is 0.261 e. The molecule has 13 heteroatoms. The topological polar surface area (TPSA) is 161 Å². The van der Waals surface area contributed by atoms with Crippen molar-refractivity contribution < 1.29 is 23.1 Å². The number of aryl methyl sites for hydroxylation is 2. The number of likely N-dealkylation sites (tertiary alicyclic amines) is 1. The van der Waals surface area contributed by atoms with Crippen LogP contribution in [0.4, 0.5) is 5.69 Å². The van der Waals surface area contributed by atoms with E-state index in [1.165, 1.54) is 6.20 Å². The van der Waals surface area contributed by atoms with Crippen molar-refractivity contribution in [2.75, 3.05) is 49.6 Å². The maximum Gasteiger partial charge on any atom is 0.261 e. The number of carbonyl (C=O) groups excluding carboxylic acids is 1. The molecule has 4 aromatic rings. The zero-order chi connectivity index (χ0) is 33.3. The van der Waals surface area contributed by atoms with Crippen molar-refractivity contribution in [3.63, 3.8) is 0 Å². The average molecular weight is 663 g/mol. The molecule has 2 aromatic carbocycles. The fourth-order valence-electron chi connectivity index (χ4n) is 6.42. The molecular formula is C34H42N6O6S. The molecule has 0 spiro atoms. The fourth-order valence-corrected chi connectivity index (χ4v) is 7.24. The van der Waals surface area contributed by atoms with Gasteiger partial charge in [0.2, 0.25) is 0 Å². The number of hydrogen-bond acceptors (Lipinski definition) is 9. The third-order valence-electron chi connectivity index (χ3n) is 9.18. The summed E-state index contributed by atoms with van der Waals surface area (Å²) in [6.07, 6.45) is 2.30. The van der Waals surface area contributed by atoms with Crippen molar-refractivity contribution in [2.45, 2.75) is 52.3 Å². The summed E-state index contributed by atoms with van der Waals surface area (Å²) in [4.78, 5) is 41.3. The van der Waals surface area contributed by atoms with Gasteiger partial charge >= 0.3 is 0 Å². The number of rotatable bonds is 12. The number of carbonyl (C=O) groups is 1. The molecule has 1 saturated heterocycles. The summed E-state index contributed by atoms with van der Waals surface area (Å²) < 4.78 is 29.6. The van der Waals surface area contributed by atoms with Crippen LogP contribution < -0.4 is 15.6 Å². The van der Waals surface area contributed by atoms with Gasteiger partial charge in [-0.3, -0.25) is 9.59 Å². The number of nitrogens with one attached hydrogen (secondary N) is 3. The fraction of sp³-hybridized carbons (Fsp3) is 0.441. The Kier molecular flexibility index (Phi) is 9.40. The van der Waals surface area contributed by atoms with E-state index in [0.29, 0.717) is 52.5 Å². The number of ether oxygens (including phenoxy) is 1. The number of aliphatic hydroxyl groups is 1. The van der Waals surface area contributed by atoms with Gasteiger partial charge in [0, 0.05) is 56.3 Å². The number of pyridine rings is 1. The van der Waals surface area contributed by atoms with Gasteiger partial charge in [0.15, 0.2) is 9.84 Å². The van der Waals surface area contributed by atoms with Gasteiger partial charge in [-0.05, 0) is 62.1 Å². The first-order valence-corrected chi connectivity index (χ1v) is 17.9. The molecule has 0 aliphatic carbocycles. The van der Waals surface area contributed by atoms with Gasteiger partial charge < -0.3 is 34.9 Å². The van der Waals surface area contributed by atoms with Gasteiger partial charge in [-0.2, -0.15) is 0 Å². The van der Waals surface area contributed by atoms with E-state index < -0.39 is 15.9 Å². The highest BCUT2D eigenvalue weighted by molar-refractivity contribution is 7.91. The number of hydrogen-bond donors (Lipinski definition) is 4. The number of sulfone groups is 1. The Bertz CT molecular complexity index is 1950. The summed E-state index contributed by atoms with van der Waals surface area (Å²) in [6.45, 7) is 8.41. The predicted molar refractivity (Wildman–Crippen MR) is 182 cm³/mol. The van der Waals surface area contributed by atoms with E-state index in [-0.39, 0.29) is 42.2 Å². The molecule has 6 rings (SSSR count). The zero-order valence-corrected chi connectivity index (χ0v) is 27.8. The lowest BCUT2D eigenvalue weighted by molar-refractivity contribution is 0.0603. The molecule has 250 valence electrons. The first-order valence-electron chi connectivity index (χ1n) is 16.1. The second-order valence-corrected chi connectivity index (χ2v) is 15.0. The second kappa shape index (κ2) is 13.5. The number of fused-ring (bicyclic) bond motifs is 2. The van der Waals surface area contributed by atoms with E-state index in [9.17, 15) is 23.1 Å². The maximum atomic E-state index is 13.5. The highest BCUT2D eigenvalue weighted by atomic mass is 32.2. The van der Waals surface area contributed by atoms with Crippen LogP contribution in [0.5, 0.6) is 5.75 Å². The zero-order valence-electron chi connectivity index (χ0n) is 27.0. The third kappa shape index (κ3) is 7.21. The van der Waals surface area contributed by atoms with Crippen molar-refractivity contribution >= 4 is 32.5 Å². The number of imidazole rings is 1. The minimum atomic E-state index is -3.00. The molecule has 1 atom stereocenters. The minimum Gasteiger partial charge on any atom is -0.491 e. The normalized spacial score (nSPS) is 16.5. The number of amides is 1. The van der Waals surface area contributed by atoms with E-state index in [1.807, 2.05) is 49.1 Å². The largest absolute Gasteiger partial charge is 0.491 e. The van der Waals surface area contributed by atoms with E-state index in [4.69, 9.17) is 9.72 Å². The first-order chi connectivity index (χ1) is 22.5. The van der Waals surface area contributed by atoms with Crippen molar-refractivity contribution in [2.24, 2.45) is 0 Å². The number of benzene rings is 2. The maximum absolute atomic E-state index is 13.5. The summed E-state index contributed by atoms with van der Waals surface area (Å²) >= 11 is 0. The number of aromatic amines is 2. The van der Waals surface area contributed by atoms with Gasteiger partial charge in [-0.25, -0.2) is 13.4 Å². The van der Waals surface area contributed by atoms with Crippen molar-refractivity contribution in [3.05, 3.63) is 75.2 Å². The summed E-state index contributed by atoms with van der Waals surface area (Å²) in [7, 11) is -3.00. The average Bonchev–Trinajstić information content (AvgIpc) is 3.61. The number of nitrogens with zero attached hydrogens (tertiary/aromatic N) is 3. The summed E-state index contributed by atoms with van der Waals surface area (Å²) in [5.41, 5.74) is 5.41.